The SMILES string of the molecule is CC(=O)CC(C)Oc1ccc(C#N)cc1Cl. The molecule has 0 amide bonds. The first-order valence-electron chi connectivity index (χ1n) is 4.88. The molecule has 0 radical (unpaired) electrons. The Labute approximate surface area is 99.6 Å². The lowest BCUT2D eigenvalue weighted by Gasteiger charge is -2.14. The van der Waals surface area contributed by atoms with E-state index in [9.17, 15) is 4.79 Å². The van der Waals surface area contributed by atoms with E-state index in [2.05, 4.69) is 0 Å². The summed E-state index contributed by atoms with van der Waals surface area (Å²) in [6.07, 6.45) is 0.124. The highest BCUT2D eigenvalue weighted by Gasteiger charge is 2.09. The van der Waals surface area contributed by atoms with Crippen LogP contribution >= 0.6 is 11.6 Å². The van der Waals surface area contributed by atoms with Crippen LogP contribution in [-0.4, -0.2) is 11.9 Å². The van der Waals surface area contributed by atoms with E-state index < -0.39 is 0 Å². The number of nitrogens with zero attached hydrogens (tertiary/aromatic N) is 1. The van der Waals surface area contributed by atoms with Crippen molar-refractivity contribution in [3.63, 3.8) is 0 Å². The van der Waals surface area contributed by atoms with Gasteiger partial charge in [-0.05, 0) is 32.0 Å². The van der Waals surface area contributed by atoms with Gasteiger partial charge in [0.25, 0.3) is 0 Å². The second-order valence-corrected chi connectivity index (χ2v) is 4.00. The Bertz CT molecular complexity index is 437. The fourth-order valence-electron chi connectivity index (χ4n) is 1.33. The maximum Gasteiger partial charge on any atom is 0.138 e. The summed E-state index contributed by atoms with van der Waals surface area (Å²) in [4.78, 5) is 10.9. The van der Waals surface area contributed by atoms with Crippen molar-refractivity contribution in [1.29, 1.82) is 5.26 Å². The van der Waals surface area contributed by atoms with Crippen molar-refractivity contribution in [2.75, 3.05) is 0 Å². The van der Waals surface area contributed by atoms with E-state index in [0.717, 1.165) is 0 Å². The number of carbonyl (C=O) groups is 1. The molecule has 0 spiro atoms. The van der Waals surface area contributed by atoms with Crippen LogP contribution in [0.4, 0.5) is 0 Å². The van der Waals surface area contributed by atoms with Gasteiger partial charge in [-0.15, -0.1) is 0 Å². The summed E-state index contributed by atoms with van der Waals surface area (Å²) in [6, 6.07) is 6.79. The summed E-state index contributed by atoms with van der Waals surface area (Å²) >= 11 is 5.93. The summed E-state index contributed by atoms with van der Waals surface area (Å²) < 4.78 is 5.49. The molecule has 84 valence electrons. The smallest absolute Gasteiger partial charge is 0.138 e. The highest BCUT2D eigenvalue weighted by molar-refractivity contribution is 6.32. The summed E-state index contributed by atoms with van der Waals surface area (Å²) in [5, 5.41) is 9.04. The summed E-state index contributed by atoms with van der Waals surface area (Å²) in [5.41, 5.74) is 0.483. The molecule has 0 aliphatic rings. The van der Waals surface area contributed by atoms with Gasteiger partial charge in [0.1, 0.15) is 17.6 Å². The van der Waals surface area contributed by atoms with E-state index in [4.69, 9.17) is 21.6 Å². The Morgan fingerprint density at radius 1 is 1.62 bits per heavy atom. The molecule has 0 N–H and O–H groups in total. The third kappa shape index (κ3) is 3.56. The number of ketones is 1. The maximum absolute atomic E-state index is 10.9. The van der Waals surface area contributed by atoms with Crippen LogP contribution < -0.4 is 4.74 Å². The normalized spacial score (nSPS) is 11.6. The van der Waals surface area contributed by atoms with Gasteiger partial charge in [0, 0.05) is 6.42 Å². The average molecular weight is 238 g/mol. The van der Waals surface area contributed by atoms with Crippen molar-refractivity contribution in [1.82, 2.24) is 0 Å². The van der Waals surface area contributed by atoms with Crippen LogP contribution in [0.3, 0.4) is 0 Å². The molecule has 16 heavy (non-hydrogen) atoms. The van der Waals surface area contributed by atoms with E-state index in [1.54, 1.807) is 19.1 Å². The molecule has 0 aliphatic carbocycles. The van der Waals surface area contributed by atoms with Crippen molar-refractivity contribution in [3.05, 3.63) is 28.8 Å². The Morgan fingerprint density at radius 3 is 2.81 bits per heavy atom. The van der Waals surface area contributed by atoms with Crippen LogP contribution in [-0.2, 0) is 4.79 Å². The van der Waals surface area contributed by atoms with Gasteiger partial charge in [0.05, 0.1) is 16.7 Å². The molecule has 1 atom stereocenters. The first-order chi connectivity index (χ1) is 7.52. The predicted molar refractivity (Wildman–Crippen MR) is 61.6 cm³/mol. The lowest BCUT2D eigenvalue weighted by atomic mass is 10.2. The van der Waals surface area contributed by atoms with Crippen molar-refractivity contribution in [3.8, 4) is 11.8 Å². The third-order valence-corrected chi connectivity index (χ3v) is 2.26. The van der Waals surface area contributed by atoms with Crippen molar-refractivity contribution < 1.29 is 9.53 Å². The molecule has 0 saturated heterocycles. The fraction of sp³-hybridized carbons (Fsp3) is 0.333. The Kier molecular flexibility index (Phi) is 4.33. The van der Waals surface area contributed by atoms with Gasteiger partial charge in [-0.25, -0.2) is 0 Å². The Balaban J connectivity index is 2.75. The first kappa shape index (κ1) is 12.5. The Morgan fingerprint density at radius 2 is 2.31 bits per heavy atom. The number of hydrogen-bond donors (Lipinski definition) is 0. The topological polar surface area (TPSA) is 50.1 Å². The molecule has 1 rings (SSSR count). The predicted octanol–water partition coefficient (Wildman–Crippen LogP) is 2.96. The summed E-state index contributed by atoms with van der Waals surface area (Å²) in [6.45, 7) is 3.32. The lowest BCUT2D eigenvalue weighted by Crippen LogP contribution is -2.15. The monoisotopic (exact) mass is 237 g/mol. The van der Waals surface area contributed by atoms with E-state index in [1.807, 2.05) is 6.07 Å². The molecule has 0 saturated carbocycles. The zero-order valence-corrected chi connectivity index (χ0v) is 9.91. The van der Waals surface area contributed by atoms with Crippen molar-refractivity contribution in [2.24, 2.45) is 0 Å². The summed E-state index contributed by atoms with van der Waals surface area (Å²) in [7, 11) is 0. The number of carbonyl (C=O) groups excluding carboxylic acids is 1. The second-order valence-electron chi connectivity index (χ2n) is 3.59. The minimum atomic E-state index is -0.220. The van der Waals surface area contributed by atoms with Crippen LogP contribution in [0.15, 0.2) is 18.2 Å². The van der Waals surface area contributed by atoms with Gasteiger partial charge in [0.15, 0.2) is 0 Å². The van der Waals surface area contributed by atoms with Crippen LogP contribution in [0.1, 0.15) is 25.8 Å². The van der Waals surface area contributed by atoms with Gasteiger partial charge in [-0.3, -0.25) is 4.79 Å². The van der Waals surface area contributed by atoms with Crippen LogP contribution in [0.2, 0.25) is 5.02 Å². The van der Waals surface area contributed by atoms with Crippen LogP contribution in [0.25, 0.3) is 0 Å². The molecule has 0 fully saturated rings. The zero-order chi connectivity index (χ0) is 12.1. The minimum Gasteiger partial charge on any atom is -0.489 e. The number of ether oxygens (including phenoxy) is 1. The molecule has 0 bridgehead atoms. The molecule has 3 nitrogen and oxygen atoms in total. The second kappa shape index (κ2) is 5.53. The number of rotatable bonds is 4. The number of benzene rings is 1. The highest BCUT2D eigenvalue weighted by atomic mass is 35.5. The van der Waals surface area contributed by atoms with Gasteiger partial charge in [-0.1, -0.05) is 11.6 Å². The minimum absolute atomic E-state index is 0.0669. The van der Waals surface area contributed by atoms with E-state index >= 15 is 0 Å². The van der Waals surface area contributed by atoms with Gasteiger partial charge in [0.2, 0.25) is 0 Å². The lowest BCUT2D eigenvalue weighted by molar-refractivity contribution is -0.118. The number of halogens is 1. The molecule has 0 aromatic heterocycles. The zero-order valence-electron chi connectivity index (χ0n) is 9.16. The number of Topliss-reactive ketones (excluding diaryl/α,β-unsaturated/α-hetero) is 1. The van der Waals surface area contributed by atoms with Crippen LogP contribution in [0, 0.1) is 11.3 Å². The molecule has 1 aromatic carbocycles. The molecule has 0 aliphatic heterocycles. The van der Waals surface area contributed by atoms with Gasteiger partial charge in [-0.2, -0.15) is 5.26 Å². The maximum atomic E-state index is 10.9. The summed E-state index contributed by atoms with van der Waals surface area (Å²) in [5.74, 6) is 0.562. The number of hydrogen-bond acceptors (Lipinski definition) is 3. The molecular formula is C12H12ClNO2. The number of nitriles is 1. The standard InChI is InChI=1S/C12H12ClNO2/c1-8(15)5-9(2)16-12-4-3-10(7-14)6-11(12)13/h3-4,6,9H,5H2,1-2H3. The van der Waals surface area contributed by atoms with Crippen molar-refractivity contribution in [2.45, 2.75) is 26.4 Å². The molecule has 1 aromatic rings. The van der Waals surface area contributed by atoms with Gasteiger partial charge >= 0.3 is 0 Å². The van der Waals surface area contributed by atoms with Gasteiger partial charge < -0.3 is 4.74 Å². The van der Waals surface area contributed by atoms with Crippen LogP contribution in [0.5, 0.6) is 5.75 Å². The molecule has 0 heterocycles. The average Bonchev–Trinajstić information content (AvgIpc) is 2.19. The largest absolute Gasteiger partial charge is 0.489 e. The molecule has 1 unspecified atom stereocenters. The molecule has 4 heteroatoms. The highest BCUT2D eigenvalue weighted by Crippen LogP contribution is 2.26. The quantitative estimate of drug-likeness (QED) is 0.809. The molecular weight excluding hydrogens is 226 g/mol. The third-order valence-electron chi connectivity index (χ3n) is 1.96. The van der Waals surface area contributed by atoms with E-state index in [-0.39, 0.29) is 11.9 Å². The van der Waals surface area contributed by atoms with E-state index in [1.165, 1.54) is 13.0 Å². The fourth-order valence-corrected chi connectivity index (χ4v) is 1.55. The van der Waals surface area contributed by atoms with E-state index in [0.29, 0.717) is 22.8 Å². The first-order valence-corrected chi connectivity index (χ1v) is 5.26. The van der Waals surface area contributed by atoms with Crippen molar-refractivity contribution >= 4 is 17.4 Å². The Hall–Kier alpha value is -1.53.